The molecule has 0 bridgehead atoms. The van der Waals surface area contributed by atoms with Gasteiger partial charge in [-0.2, -0.15) is 0 Å². The molecule has 0 atom stereocenters. The van der Waals surface area contributed by atoms with Crippen LogP contribution in [0, 0.1) is 0 Å². The molecule has 2 aromatic heterocycles. The molecule has 0 spiro atoms. The number of aromatic nitrogens is 2. The predicted molar refractivity (Wildman–Crippen MR) is 148 cm³/mol. The monoisotopic (exact) mass is 558 g/mol. The van der Waals surface area contributed by atoms with Crippen molar-refractivity contribution >= 4 is 50.7 Å². The molecular formula is C25H30N4O5S2Si. The summed E-state index contributed by atoms with van der Waals surface area (Å²) in [7, 11) is -9.13. The van der Waals surface area contributed by atoms with Crippen molar-refractivity contribution in [1.82, 2.24) is 9.55 Å². The van der Waals surface area contributed by atoms with Crippen LogP contribution in [0.1, 0.15) is 0 Å². The molecule has 4 aromatic rings. The molecule has 0 aliphatic rings. The molecule has 0 aliphatic carbocycles. The molecular weight excluding hydrogens is 529 g/mol. The maximum Gasteiger partial charge on any atom is 0.263 e. The first-order valence-corrected chi connectivity index (χ1v) is 18.4. The maximum absolute atomic E-state index is 13.1. The Labute approximate surface area is 218 Å². The van der Waals surface area contributed by atoms with E-state index < -0.39 is 28.1 Å². The van der Waals surface area contributed by atoms with Gasteiger partial charge in [-0.25, -0.2) is 21.8 Å². The van der Waals surface area contributed by atoms with Gasteiger partial charge in [0.25, 0.3) is 20.0 Å². The third kappa shape index (κ3) is 6.58. The lowest BCUT2D eigenvalue weighted by Crippen LogP contribution is -2.22. The van der Waals surface area contributed by atoms with Crippen LogP contribution in [0.25, 0.3) is 11.0 Å². The zero-order chi connectivity index (χ0) is 26.7. The van der Waals surface area contributed by atoms with Gasteiger partial charge in [-0.3, -0.25) is 14.0 Å². The summed E-state index contributed by atoms with van der Waals surface area (Å²) in [5.41, 5.74) is 0.655. The molecule has 9 nitrogen and oxygen atoms in total. The van der Waals surface area contributed by atoms with E-state index in [9.17, 15) is 16.8 Å². The molecule has 0 amide bonds. The number of fused-ring (bicyclic) bond motifs is 1. The number of hydrogen-bond acceptors (Lipinski definition) is 6. The molecule has 37 heavy (non-hydrogen) atoms. The van der Waals surface area contributed by atoms with Gasteiger partial charge < -0.3 is 4.74 Å². The van der Waals surface area contributed by atoms with Gasteiger partial charge in [0, 0.05) is 26.3 Å². The summed E-state index contributed by atoms with van der Waals surface area (Å²) in [6, 6.07) is 20.1. The molecule has 0 unspecified atom stereocenters. The standard InChI is InChI=1S/C25H30N4O5S2Si/c1-37(2,3)17-16-34-19-29-24(28-36(32,33)21-12-8-5-9-13-21)18-22-23(14-15-26-25(22)29)27-35(30,31)20-10-6-4-7-11-20/h4-15,18,28H,16-17,19H2,1-3H3,(H,26,27). The van der Waals surface area contributed by atoms with Crippen LogP contribution >= 0.6 is 0 Å². The lowest BCUT2D eigenvalue weighted by molar-refractivity contribution is 0.0912. The molecule has 0 saturated heterocycles. The number of anilines is 2. The minimum Gasteiger partial charge on any atom is -0.361 e. The fraction of sp³-hybridized carbons (Fsp3) is 0.240. The number of pyridine rings is 1. The van der Waals surface area contributed by atoms with Crippen molar-refractivity contribution in [2.24, 2.45) is 0 Å². The summed E-state index contributed by atoms with van der Waals surface area (Å²) in [6.07, 6.45) is 1.47. The molecule has 4 rings (SSSR count). The van der Waals surface area contributed by atoms with E-state index in [1.54, 1.807) is 47.0 Å². The fourth-order valence-electron chi connectivity index (χ4n) is 3.59. The molecule has 0 aliphatic heterocycles. The van der Waals surface area contributed by atoms with Gasteiger partial charge in [0.05, 0.1) is 15.5 Å². The maximum atomic E-state index is 13.1. The first kappa shape index (κ1) is 26.9. The Kier molecular flexibility index (Phi) is 7.74. The Hall–Kier alpha value is -3.19. The van der Waals surface area contributed by atoms with Crippen molar-refractivity contribution in [1.29, 1.82) is 0 Å². The van der Waals surface area contributed by atoms with E-state index in [2.05, 4.69) is 34.1 Å². The number of nitrogens with one attached hydrogen (secondary N) is 2. The molecule has 2 aromatic carbocycles. The van der Waals surface area contributed by atoms with E-state index in [0.29, 0.717) is 17.6 Å². The minimum absolute atomic E-state index is 0.0442. The van der Waals surface area contributed by atoms with Gasteiger partial charge >= 0.3 is 0 Å². The van der Waals surface area contributed by atoms with Gasteiger partial charge in [0.2, 0.25) is 0 Å². The predicted octanol–water partition coefficient (Wildman–Crippen LogP) is 4.95. The number of sulfonamides is 2. The molecule has 196 valence electrons. The molecule has 2 N–H and O–H groups in total. The summed E-state index contributed by atoms with van der Waals surface area (Å²) in [4.78, 5) is 4.63. The van der Waals surface area contributed by atoms with E-state index in [0.717, 1.165) is 6.04 Å². The second-order valence-corrected chi connectivity index (χ2v) is 18.7. The average molecular weight is 559 g/mol. The number of ether oxygens (including phenoxy) is 1. The summed E-state index contributed by atoms with van der Waals surface area (Å²) in [6.45, 7) is 7.29. The minimum atomic E-state index is -3.91. The number of nitrogens with zero attached hydrogens (tertiary/aromatic N) is 2. The first-order chi connectivity index (χ1) is 17.5. The first-order valence-electron chi connectivity index (χ1n) is 11.7. The van der Waals surface area contributed by atoms with Crippen molar-refractivity contribution in [3.05, 3.63) is 79.0 Å². The topological polar surface area (TPSA) is 119 Å². The van der Waals surface area contributed by atoms with Crippen LogP contribution in [-0.4, -0.2) is 41.1 Å². The highest BCUT2D eigenvalue weighted by atomic mass is 32.2. The second-order valence-electron chi connectivity index (χ2n) is 9.74. The van der Waals surface area contributed by atoms with Gasteiger partial charge in [-0.1, -0.05) is 56.0 Å². The number of hydrogen-bond donors (Lipinski definition) is 2. The summed E-state index contributed by atoms with van der Waals surface area (Å²) < 4.78 is 64.9. The normalized spacial score (nSPS) is 12.5. The van der Waals surface area contributed by atoms with E-state index in [1.807, 2.05) is 0 Å². The third-order valence-corrected chi connectivity index (χ3v) is 10.1. The Morgan fingerprint density at radius 2 is 1.41 bits per heavy atom. The van der Waals surface area contributed by atoms with E-state index in [4.69, 9.17) is 4.74 Å². The lowest BCUT2D eigenvalue weighted by atomic mass is 10.3. The quantitative estimate of drug-likeness (QED) is 0.199. The van der Waals surface area contributed by atoms with Gasteiger partial charge in [0.1, 0.15) is 18.2 Å². The average Bonchev–Trinajstić information content (AvgIpc) is 3.19. The number of rotatable bonds is 11. The third-order valence-electron chi connectivity index (χ3n) is 5.60. The largest absolute Gasteiger partial charge is 0.361 e. The zero-order valence-corrected chi connectivity index (χ0v) is 23.5. The van der Waals surface area contributed by atoms with Crippen LogP contribution in [0.4, 0.5) is 11.5 Å². The highest BCUT2D eigenvalue weighted by molar-refractivity contribution is 7.93. The van der Waals surface area contributed by atoms with Crippen LogP contribution in [0.15, 0.2) is 88.8 Å². The van der Waals surface area contributed by atoms with Gasteiger partial charge in [-0.05, 0) is 42.4 Å². The van der Waals surface area contributed by atoms with Crippen LogP contribution in [0.3, 0.4) is 0 Å². The van der Waals surface area contributed by atoms with Crippen LogP contribution < -0.4 is 9.44 Å². The Morgan fingerprint density at radius 3 is 1.97 bits per heavy atom. The summed E-state index contributed by atoms with van der Waals surface area (Å²) in [5.74, 6) is 0.214. The van der Waals surface area contributed by atoms with Crippen LogP contribution in [0.2, 0.25) is 25.7 Å². The molecule has 2 heterocycles. The Morgan fingerprint density at radius 1 is 0.838 bits per heavy atom. The lowest BCUT2D eigenvalue weighted by Gasteiger charge is -2.17. The molecule has 0 saturated carbocycles. The molecule has 0 fully saturated rings. The van der Waals surface area contributed by atoms with Crippen molar-refractivity contribution in [2.75, 3.05) is 16.1 Å². The van der Waals surface area contributed by atoms with Gasteiger partial charge in [0.15, 0.2) is 0 Å². The second kappa shape index (κ2) is 10.7. The SMILES string of the molecule is C[Si](C)(C)CCOCn1c(NS(=O)(=O)c2ccccc2)cc2c(NS(=O)(=O)c3ccccc3)ccnc21. The Bertz CT molecular complexity index is 1580. The highest BCUT2D eigenvalue weighted by Crippen LogP contribution is 2.31. The Balaban J connectivity index is 1.73. The molecule has 0 radical (unpaired) electrons. The number of benzene rings is 2. The fourth-order valence-corrected chi connectivity index (χ4v) is 6.52. The summed E-state index contributed by atoms with van der Waals surface area (Å²) in [5, 5.41) is 0.432. The van der Waals surface area contributed by atoms with Crippen LogP contribution in [-0.2, 0) is 31.5 Å². The van der Waals surface area contributed by atoms with Crippen molar-refractivity contribution in [3.63, 3.8) is 0 Å². The van der Waals surface area contributed by atoms with E-state index in [1.165, 1.54) is 36.5 Å². The summed E-state index contributed by atoms with van der Waals surface area (Å²) >= 11 is 0. The smallest absolute Gasteiger partial charge is 0.263 e. The van der Waals surface area contributed by atoms with E-state index in [-0.39, 0.29) is 28.0 Å². The van der Waals surface area contributed by atoms with Crippen molar-refractivity contribution < 1.29 is 21.6 Å². The highest BCUT2D eigenvalue weighted by Gasteiger charge is 2.22. The van der Waals surface area contributed by atoms with E-state index >= 15 is 0 Å². The van der Waals surface area contributed by atoms with Crippen LogP contribution in [0.5, 0.6) is 0 Å². The van der Waals surface area contributed by atoms with Crippen molar-refractivity contribution in [3.8, 4) is 0 Å². The van der Waals surface area contributed by atoms with Gasteiger partial charge in [-0.15, -0.1) is 0 Å². The zero-order valence-electron chi connectivity index (χ0n) is 20.9. The van der Waals surface area contributed by atoms with Crippen molar-refractivity contribution in [2.45, 2.75) is 42.2 Å². The molecule has 12 heteroatoms.